The summed E-state index contributed by atoms with van der Waals surface area (Å²) >= 11 is 0. The molecule has 0 bridgehead atoms. The van der Waals surface area contributed by atoms with Gasteiger partial charge in [0, 0.05) is 11.4 Å². The molecule has 0 aliphatic carbocycles. The summed E-state index contributed by atoms with van der Waals surface area (Å²) in [6, 6.07) is 18.5. The first-order chi connectivity index (χ1) is 11.7. The highest BCUT2D eigenvalue weighted by Gasteiger charge is 2.31. The molecular formula is C19H21N3O2. The molecule has 1 fully saturated rings. The molecule has 1 unspecified atom stereocenters. The van der Waals surface area contributed by atoms with Gasteiger partial charge in [0.1, 0.15) is 0 Å². The van der Waals surface area contributed by atoms with Crippen LogP contribution in [-0.2, 0) is 9.59 Å². The number of carbonyl (C=O) groups is 2. The topological polar surface area (TPSA) is 61.4 Å². The van der Waals surface area contributed by atoms with E-state index in [1.54, 1.807) is 0 Å². The van der Waals surface area contributed by atoms with E-state index in [4.69, 9.17) is 0 Å². The summed E-state index contributed by atoms with van der Waals surface area (Å²) in [7, 11) is 0. The first-order valence-corrected chi connectivity index (χ1v) is 8.17. The molecule has 0 aromatic heterocycles. The molecule has 5 heteroatoms. The maximum atomic E-state index is 12.5. The first kappa shape index (κ1) is 16.2. The fourth-order valence-electron chi connectivity index (χ4n) is 2.97. The summed E-state index contributed by atoms with van der Waals surface area (Å²) in [6.07, 6.45) is 1.70. The molecule has 5 nitrogen and oxygen atoms in total. The smallest absolute Gasteiger partial charge is 0.241 e. The highest BCUT2D eigenvalue weighted by Crippen LogP contribution is 2.19. The molecule has 2 aromatic rings. The van der Waals surface area contributed by atoms with E-state index in [2.05, 4.69) is 10.6 Å². The van der Waals surface area contributed by atoms with E-state index in [0.717, 1.165) is 30.8 Å². The lowest BCUT2D eigenvalue weighted by molar-refractivity contribution is -0.122. The van der Waals surface area contributed by atoms with Crippen molar-refractivity contribution in [2.24, 2.45) is 0 Å². The Hall–Kier alpha value is -2.66. The number of rotatable bonds is 5. The lowest BCUT2D eigenvalue weighted by Gasteiger charge is -2.23. The lowest BCUT2D eigenvalue weighted by Crippen LogP contribution is -2.43. The number of nitrogens with one attached hydrogen (secondary N) is 2. The monoisotopic (exact) mass is 323 g/mol. The van der Waals surface area contributed by atoms with Gasteiger partial charge in [0.15, 0.2) is 0 Å². The minimum absolute atomic E-state index is 0.0498. The van der Waals surface area contributed by atoms with Crippen molar-refractivity contribution in [1.29, 1.82) is 0 Å². The number of amides is 2. The molecule has 2 N–H and O–H groups in total. The molecule has 0 radical (unpaired) electrons. The second-order valence-corrected chi connectivity index (χ2v) is 5.90. The number of nitrogens with zero attached hydrogens (tertiary/aromatic N) is 1. The molecule has 0 saturated carbocycles. The zero-order valence-electron chi connectivity index (χ0n) is 13.4. The maximum absolute atomic E-state index is 12.5. The van der Waals surface area contributed by atoms with Crippen molar-refractivity contribution in [3.8, 4) is 0 Å². The molecule has 3 rings (SSSR count). The van der Waals surface area contributed by atoms with Crippen LogP contribution in [0.3, 0.4) is 0 Å². The molecule has 1 aliphatic rings. The highest BCUT2D eigenvalue weighted by molar-refractivity contribution is 5.96. The second kappa shape index (κ2) is 7.75. The summed E-state index contributed by atoms with van der Waals surface area (Å²) in [4.78, 5) is 26.6. The quantitative estimate of drug-likeness (QED) is 0.889. The largest absolute Gasteiger partial charge is 0.325 e. The Morgan fingerprint density at radius 1 is 0.917 bits per heavy atom. The van der Waals surface area contributed by atoms with Crippen molar-refractivity contribution in [3.05, 3.63) is 60.7 Å². The van der Waals surface area contributed by atoms with Gasteiger partial charge < -0.3 is 10.6 Å². The van der Waals surface area contributed by atoms with Crippen LogP contribution in [-0.4, -0.2) is 35.8 Å². The Balaban J connectivity index is 1.57. The summed E-state index contributed by atoms with van der Waals surface area (Å²) in [5.41, 5.74) is 1.55. The van der Waals surface area contributed by atoms with E-state index in [1.807, 2.05) is 65.6 Å². The molecule has 0 spiro atoms. The normalized spacial score (nSPS) is 17.4. The summed E-state index contributed by atoms with van der Waals surface area (Å²) in [6.45, 7) is 0.983. The maximum Gasteiger partial charge on any atom is 0.241 e. The Labute approximate surface area is 141 Å². The fraction of sp³-hybridized carbons (Fsp3) is 0.263. The van der Waals surface area contributed by atoms with Crippen molar-refractivity contribution in [3.63, 3.8) is 0 Å². The van der Waals surface area contributed by atoms with E-state index in [0.29, 0.717) is 0 Å². The number of hydrogen-bond donors (Lipinski definition) is 2. The van der Waals surface area contributed by atoms with Crippen LogP contribution in [0.2, 0.25) is 0 Å². The van der Waals surface area contributed by atoms with Crippen LogP contribution >= 0.6 is 0 Å². The molecule has 2 aromatic carbocycles. The molecule has 2 amide bonds. The van der Waals surface area contributed by atoms with Gasteiger partial charge in [-0.3, -0.25) is 14.5 Å². The van der Waals surface area contributed by atoms with Crippen LogP contribution in [0.4, 0.5) is 11.4 Å². The van der Waals surface area contributed by atoms with E-state index in [9.17, 15) is 9.59 Å². The zero-order valence-corrected chi connectivity index (χ0v) is 13.4. The third kappa shape index (κ3) is 4.20. The van der Waals surface area contributed by atoms with Crippen molar-refractivity contribution < 1.29 is 9.59 Å². The standard InChI is InChI=1S/C19H21N3O2/c23-18(20-15-8-3-1-4-9-15)14-22-13-7-12-17(22)19(24)21-16-10-5-2-6-11-16/h1-6,8-11,17H,7,12-14H2,(H,20,23)(H,21,24). The summed E-state index contributed by atoms with van der Waals surface area (Å²) in [5.74, 6) is -0.146. The average Bonchev–Trinajstić information content (AvgIpc) is 3.04. The number of carbonyl (C=O) groups excluding carboxylic acids is 2. The molecule has 124 valence electrons. The average molecular weight is 323 g/mol. The van der Waals surface area contributed by atoms with E-state index in [-0.39, 0.29) is 24.4 Å². The molecule has 1 heterocycles. The number of likely N-dealkylation sites (tertiary alicyclic amines) is 1. The number of para-hydroxylation sites is 2. The van der Waals surface area contributed by atoms with Crippen LogP contribution in [0.5, 0.6) is 0 Å². The van der Waals surface area contributed by atoms with Crippen LogP contribution in [0.15, 0.2) is 60.7 Å². The van der Waals surface area contributed by atoms with E-state index >= 15 is 0 Å². The van der Waals surface area contributed by atoms with Crippen LogP contribution in [0.1, 0.15) is 12.8 Å². The Morgan fingerprint density at radius 3 is 2.12 bits per heavy atom. The minimum atomic E-state index is -0.258. The van der Waals surface area contributed by atoms with Crippen molar-refractivity contribution >= 4 is 23.2 Å². The summed E-state index contributed by atoms with van der Waals surface area (Å²) in [5, 5.41) is 5.79. The third-order valence-electron chi connectivity index (χ3n) is 4.11. The summed E-state index contributed by atoms with van der Waals surface area (Å²) < 4.78 is 0. The van der Waals surface area contributed by atoms with Gasteiger partial charge in [-0.1, -0.05) is 36.4 Å². The molecule has 24 heavy (non-hydrogen) atoms. The van der Waals surface area contributed by atoms with Gasteiger partial charge in [-0.25, -0.2) is 0 Å². The Bertz CT molecular complexity index is 688. The molecular weight excluding hydrogens is 302 g/mol. The van der Waals surface area contributed by atoms with Gasteiger partial charge in [0.05, 0.1) is 12.6 Å². The van der Waals surface area contributed by atoms with Gasteiger partial charge >= 0.3 is 0 Å². The van der Waals surface area contributed by atoms with Crippen molar-refractivity contribution in [2.75, 3.05) is 23.7 Å². The van der Waals surface area contributed by atoms with Gasteiger partial charge in [-0.15, -0.1) is 0 Å². The van der Waals surface area contributed by atoms with E-state index in [1.165, 1.54) is 0 Å². The number of hydrogen-bond acceptors (Lipinski definition) is 3. The fourth-order valence-corrected chi connectivity index (χ4v) is 2.97. The third-order valence-corrected chi connectivity index (χ3v) is 4.11. The Morgan fingerprint density at radius 2 is 1.50 bits per heavy atom. The number of benzene rings is 2. The number of anilines is 2. The predicted octanol–water partition coefficient (Wildman–Crippen LogP) is 2.73. The van der Waals surface area contributed by atoms with Crippen molar-refractivity contribution in [2.45, 2.75) is 18.9 Å². The molecule has 1 atom stereocenters. The van der Waals surface area contributed by atoms with Crippen LogP contribution in [0, 0.1) is 0 Å². The molecule has 1 aliphatic heterocycles. The zero-order chi connectivity index (χ0) is 16.8. The van der Waals surface area contributed by atoms with E-state index < -0.39 is 0 Å². The van der Waals surface area contributed by atoms with Gasteiger partial charge in [-0.2, -0.15) is 0 Å². The minimum Gasteiger partial charge on any atom is -0.325 e. The lowest BCUT2D eigenvalue weighted by atomic mass is 10.2. The Kier molecular flexibility index (Phi) is 5.23. The van der Waals surface area contributed by atoms with Gasteiger partial charge in [0.25, 0.3) is 0 Å². The van der Waals surface area contributed by atoms with Gasteiger partial charge in [0.2, 0.25) is 11.8 Å². The predicted molar refractivity (Wildman–Crippen MR) is 94.7 cm³/mol. The molecule has 1 saturated heterocycles. The first-order valence-electron chi connectivity index (χ1n) is 8.17. The highest BCUT2D eigenvalue weighted by atomic mass is 16.2. The van der Waals surface area contributed by atoms with Crippen molar-refractivity contribution in [1.82, 2.24) is 4.90 Å². The second-order valence-electron chi connectivity index (χ2n) is 5.90. The van der Waals surface area contributed by atoms with Gasteiger partial charge in [-0.05, 0) is 43.7 Å². The SMILES string of the molecule is O=C(CN1CCCC1C(=O)Nc1ccccc1)Nc1ccccc1. The van der Waals surface area contributed by atoms with Crippen LogP contribution < -0.4 is 10.6 Å². The van der Waals surface area contributed by atoms with Crippen LogP contribution in [0.25, 0.3) is 0 Å².